The second-order valence-electron chi connectivity index (χ2n) is 5.03. The quantitative estimate of drug-likeness (QED) is 0.676. The Morgan fingerprint density at radius 1 is 1.25 bits per heavy atom. The summed E-state index contributed by atoms with van der Waals surface area (Å²) in [6, 6.07) is 0.289. The van der Waals surface area contributed by atoms with E-state index in [0.29, 0.717) is 11.3 Å². The lowest BCUT2D eigenvalue weighted by Crippen LogP contribution is -2.36. The van der Waals surface area contributed by atoms with Crippen LogP contribution in [0, 0.1) is 11.3 Å². The van der Waals surface area contributed by atoms with E-state index < -0.39 is 0 Å². The molecule has 0 aliphatic rings. The Balaban J connectivity index is 3.44. The molecule has 0 fully saturated rings. The Labute approximate surface area is 76.9 Å². The number of nitrogens with two attached hydrogens (primary N) is 1. The molecule has 0 spiro atoms. The van der Waals surface area contributed by atoms with Crippen LogP contribution in [0.4, 0.5) is 0 Å². The molecule has 2 nitrogen and oxygen atoms in total. The number of hydrogen-bond acceptors (Lipinski definition) is 2. The molecule has 0 aromatic rings. The molecule has 2 atom stereocenters. The molecule has 0 amide bonds. The summed E-state index contributed by atoms with van der Waals surface area (Å²) in [6.07, 6.45) is 0. The maximum atomic E-state index is 5.75. The summed E-state index contributed by atoms with van der Waals surface area (Å²) in [5.74, 6) is 0.562. The van der Waals surface area contributed by atoms with Crippen molar-refractivity contribution in [3.8, 4) is 0 Å². The molecule has 0 aromatic carbocycles. The molecule has 2 heteroatoms. The first-order valence-electron chi connectivity index (χ1n) is 4.79. The molecule has 0 radical (unpaired) electrons. The zero-order valence-electron chi connectivity index (χ0n) is 9.15. The lowest BCUT2D eigenvalue weighted by Gasteiger charge is -2.22. The topological polar surface area (TPSA) is 38.0 Å². The molecule has 0 saturated carbocycles. The van der Waals surface area contributed by atoms with Crippen molar-refractivity contribution in [2.75, 3.05) is 13.1 Å². The predicted octanol–water partition coefficient (Wildman–Crippen LogP) is 1.61. The Bertz CT molecular complexity index is 113. The molecule has 0 aliphatic heterocycles. The van der Waals surface area contributed by atoms with Gasteiger partial charge in [0.1, 0.15) is 0 Å². The molecular weight excluding hydrogens is 148 g/mol. The summed E-state index contributed by atoms with van der Waals surface area (Å²) in [6.45, 7) is 13.0. The van der Waals surface area contributed by atoms with Gasteiger partial charge in [-0.1, -0.05) is 27.7 Å². The number of nitrogens with one attached hydrogen (secondary N) is 1. The predicted molar refractivity (Wildman–Crippen MR) is 55.1 cm³/mol. The van der Waals surface area contributed by atoms with Crippen molar-refractivity contribution in [1.82, 2.24) is 5.32 Å². The standard InChI is InChI=1S/C10H24N2/c1-8(9(2)11)6-12-7-10(3,4)5/h8-9,12H,6-7,11H2,1-5H3. The van der Waals surface area contributed by atoms with Crippen LogP contribution in [0.25, 0.3) is 0 Å². The van der Waals surface area contributed by atoms with Crippen molar-refractivity contribution < 1.29 is 0 Å². The lowest BCUT2D eigenvalue weighted by molar-refractivity contribution is 0.351. The van der Waals surface area contributed by atoms with Crippen molar-refractivity contribution in [1.29, 1.82) is 0 Å². The minimum absolute atomic E-state index is 0.289. The normalized spacial score (nSPS) is 17.5. The molecule has 3 N–H and O–H groups in total. The third-order valence-electron chi connectivity index (χ3n) is 2.02. The van der Waals surface area contributed by atoms with Crippen LogP contribution in [0.1, 0.15) is 34.6 Å². The zero-order chi connectivity index (χ0) is 9.78. The zero-order valence-corrected chi connectivity index (χ0v) is 9.15. The fraction of sp³-hybridized carbons (Fsp3) is 1.00. The SMILES string of the molecule is CC(N)C(C)CNCC(C)(C)C. The van der Waals surface area contributed by atoms with Crippen LogP contribution < -0.4 is 11.1 Å². The fourth-order valence-corrected chi connectivity index (χ4v) is 0.861. The Kier molecular flexibility index (Phi) is 4.80. The van der Waals surface area contributed by atoms with E-state index in [4.69, 9.17) is 5.73 Å². The fourth-order valence-electron chi connectivity index (χ4n) is 0.861. The van der Waals surface area contributed by atoms with Gasteiger partial charge in [0.25, 0.3) is 0 Å². The van der Waals surface area contributed by atoms with Crippen LogP contribution in [0.5, 0.6) is 0 Å². The van der Waals surface area contributed by atoms with E-state index in [9.17, 15) is 0 Å². The van der Waals surface area contributed by atoms with Gasteiger partial charge in [0, 0.05) is 6.04 Å². The molecule has 0 heterocycles. The Hall–Kier alpha value is -0.0800. The molecule has 0 rings (SSSR count). The van der Waals surface area contributed by atoms with Gasteiger partial charge in [0.2, 0.25) is 0 Å². The number of hydrogen-bond donors (Lipinski definition) is 2. The Morgan fingerprint density at radius 3 is 2.08 bits per heavy atom. The first-order valence-corrected chi connectivity index (χ1v) is 4.79. The molecule has 0 saturated heterocycles. The molecule has 0 aromatic heterocycles. The first kappa shape index (κ1) is 11.9. The van der Waals surface area contributed by atoms with Crippen LogP contribution in [0.15, 0.2) is 0 Å². The molecular formula is C10H24N2. The van der Waals surface area contributed by atoms with E-state index in [1.807, 2.05) is 0 Å². The smallest absolute Gasteiger partial charge is 0.00482 e. The average Bonchev–Trinajstić information content (AvgIpc) is 1.84. The highest BCUT2D eigenvalue weighted by molar-refractivity contribution is 4.69. The van der Waals surface area contributed by atoms with Gasteiger partial charge in [-0.05, 0) is 31.3 Å². The summed E-state index contributed by atoms with van der Waals surface area (Å²) in [5, 5.41) is 3.43. The molecule has 74 valence electrons. The van der Waals surface area contributed by atoms with Gasteiger partial charge in [-0.15, -0.1) is 0 Å². The molecule has 12 heavy (non-hydrogen) atoms. The monoisotopic (exact) mass is 172 g/mol. The summed E-state index contributed by atoms with van der Waals surface area (Å²) in [7, 11) is 0. The second kappa shape index (κ2) is 4.83. The van der Waals surface area contributed by atoms with Gasteiger partial charge in [0.15, 0.2) is 0 Å². The van der Waals surface area contributed by atoms with E-state index in [1.165, 1.54) is 0 Å². The summed E-state index contributed by atoms with van der Waals surface area (Å²) >= 11 is 0. The van der Waals surface area contributed by atoms with Crippen LogP contribution >= 0.6 is 0 Å². The first-order chi connectivity index (χ1) is 5.33. The average molecular weight is 172 g/mol. The van der Waals surface area contributed by atoms with Crippen LogP contribution in [-0.4, -0.2) is 19.1 Å². The highest BCUT2D eigenvalue weighted by Gasteiger charge is 2.11. The summed E-state index contributed by atoms with van der Waals surface area (Å²) < 4.78 is 0. The van der Waals surface area contributed by atoms with Gasteiger partial charge >= 0.3 is 0 Å². The van der Waals surface area contributed by atoms with E-state index in [1.54, 1.807) is 0 Å². The van der Waals surface area contributed by atoms with Crippen molar-refractivity contribution in [2.45, 2.75) is 40.7 Å². The van der Waals surface area contributed by atoms with Gasteiger partial charge in [0.05, 0.1) is 0 Å². The Morgan fingerprint density at radius 2 is 1.75 bits per heavy atom. The third kappa shape index (κ3) is 6.62. The highest BCUT2D eigenvalue weighted by Crippen LogP contribution is 2.10. The summed E-state index contributed by atoms with van der Waals surface area (Å²) in [5.41, 5.74) is 6.12. The second-order valence-corrected chi connectivity index (χ2v) is 5.03. The van der Waals surface area contributed by atoms with Gasteiger partial charge in [-0.2, -0.15) is 0 Å². The van der Waals surface area contributed by atoms with Crippen LogP contribution in [0.2, 0.25) is 0 Å². The van der Waals surface area contributed by atoms with Gasteiger partial charge < -0.3 is 11.1 Å². The van der Waals surface area contributed by atoms with Gasteiger partial charge in [-0.25, -0.2) is 0 Å². The highest BCUT2D eigenvalue weighted by atomic mass is 14.9. The maximum Gasteiger partial charge on any atom is 0.00482 e. The minimum atomic E-state index is 0.289. The number of rotatable bonds is 4. The minimum Gasteiger partial charge on any atom is -0.328 e. The summed E-state index contributed by atoms with van der Waals surface area (Å²) in [4.78, 5) is 0. The largest absolute Gasteiger partial charge is 0.328 e. The van der Waals surface area contributed by atoms with Crippen molar-refractivity contribution in [3.05, 3.63) is 0 Å². The van der Waals surface area contributed by atoms with Gasteiger partial charge in [-0.3, -0.25) is 0 Å². The van der Waals surface area contributed by atoms with E-state index in [-0.39, 0.29) is 6.04 Å². The van der Waals surface area contributed by atoms with E-state index >= 15 is 0 Å². The van der Waals surface area contributed by atoms with E-state index in [2.05, 4.69) is 39.9 Å². The maximum absolute atomic E-state index is 5.75. The van der Waals surface area contributed by atoms with Crippen molar-refractivity contribution >= 4 is 0 Å². The lowest BCUT2D eigenvalue weighted by atomic mass is 9.96. The van der Waals surface area contributed by atoms with Crippen LogP contribution in [0.3, 0.4) is 0 Å². The third-order valence-corrected chi connectivity index (χ3v) is 2.02. The van der Waals surface area contributed by atoms with Crippen LogP contribution in [-0.2, 0) is 0 Å². The molecule has 2 unspecified atom stereocenters. The molecule has 0 aliphatic carbocycles. The van der Waals surface area contributed by atoms with E-state index in [0.717, 1.165) is 13.1 Å². The molecule has 0 bridgehead atoms. The van der Waals surface area contributed by atoms with Crippen molar-refractivity contribution in [2.24, 2.45) is 17.1 Å². The van der Waals surface area contributed by atoms with Crippen molar-refractivity contribution in [3.63, 3.8) is 0 Å².